The molecule has 0 aliphatic heterocycles. The number of ether oxygens (including phenoxy) is 2. The van der Waals surface area contributed by atoms with Crippen LogP contribution >= 0.6 is 0 Å². The molecule has 0 saturated heterocycles. The molecule has 0 unspecified atom stereocenters. The number of rotatable bonds is 5. The zero-order valence-electron chi connectivity index (χ0n) is 10.2. The highest BCUT2D eigenvalue weighted by atomic mass is 19.1. The summed E-state index contributed by atoms with van der Waals surface area (Å²) >= 11 is 0. The summed E-state index contributed by atoms with van der Waals surface area (Å²) in [5.74, 6) is -0.0131. The predicted molar refractivity (Wildman–Crippen MR) is 65.0 cm³/mol. The number of halogens is 1. The molecule has 2 rings (SSSR count). The van der Waals surface area contributed by atoms with Gasteiger partial charge in [-0.3, -0.25) is 0 Å². The first-order valence-electron chi connectivity index (χ1n) is 5.94. The fourth-order valence-corrected chi connectivity index (χ4v) is 1.97. The normalized spacial score (nSPS) is 23.0. The molecule has 1 aliphatic rings. The van der Waals surface area contributed by atoms with Gasteiger partial charge in [0.05, 0.1) is 12.7 Å². The summed E-state index contributed by atoms with van der Waals surface area (Å²) in [7, 11) is 1.72. The molecule has 3 nitrogen and oxygen atoms in total. The third-order valence-electron chi connectivity index (χ3n) is 3.03. The van der Waals surface area contributed by atoms with Gasteiger partial charge in [-0.1, -0.05) is 0 Å². The van der Waals surface area contributed by atoms with Crippen LogP contribution in [0.15, 0.2) is 18.2 Å². The van der Waals surface area contributed by atoms with Crippen LogP contribution in [0, 0.1) is 5.82 Å². The van der Waals surface area contributed by atoms with Crippen LogP contribution in [0.1, 0.15) is 19.8 Å². The molecular formula is C13H18FNO2. The van der Waals surface area contributed by atoms with Crippen LogP contribution in [0.4, 0.5) is 10.1 Å². The van der Waals surface area contributed by atoms with Gasteiger partial charge in [0, 0.05) is 24.9 Å². The van der Waals surface area contributed by atoms with E-state index >= 15 is 0 Å². The maximum atomic E-state index is 13.6. The molecule has 0 aromatic heterocycles. The summed E-state index contributed by atoms with van der Waals surface area (Å²) < 4.78 is 23.9. The Bertz CT molecular complexity index is 378. The van der Waals surface area contributed by atoms with Crippen molar-refractivity contribution in [2.24, 2.45) is 0 Å². The molecule has 1 fully saturated rings. The van der Waals surface area contributed by atoms with Crippen LogP contribution < -0.4 is 10.1 Å². The quantitative estimate of drug-likeness (QED) is 0.857. The summed E-state index contributed by atoms with van der Waals surface area (Å²) in [4.78, 5) is 0. The lowest BCUT2D eigenvalue weighted by Gasteiger charge is -2.35. The van der Waals surface area contributed by atoms with Gasteiger partial charge in [0.2, 0.25) is 0 Å². The highest BCUT2D eigenvalue weighted by molar-refractivity contribution is 5.48. The molecule has 0 heterocycles. The van der Waals surface area contributed by atoms with Gasteiger partial charge in [0.25, 0.3) is 0 Å². The number of anilines is 1. The Hall–Kier alpha value is -1.29. The second kappa shape index (κ2) is 5.36. The Morgan fingerprint density at radius 2 is 2.18 bits per heavy atom. The first-order valence-corrected chi connectivity index (χ1v) is 5.94. The highest BCUT2D eigenvalue weighted by Gasteiger charge is 2.28. The zero-order valence-corrected chi connectivity index (χ0v) is 10.2. The van der Waals surface area contributed by atoms with E-state index in [2.05, 4.69) is 5.32 Å². The van der Waals surface area contributed by atoms with E-state index in [1.165, 1.54) is 6.07 Å². The average molecular weight is 239 g/mol. The minimum absolute atomic E-state index is 0.307. The number of nitrogens with one attached hydrogen (secondary N) is 1. The summed E-state index contributed by atoms with van der Waals surface area (Å²) in [5.41, 5.74) is 0.797. The molecule has 1 aliphatic carbocycles. The monoisotopic (exact) mass is 239 g/mol. The van der Waals surface area contributed by atoms with Crippen molar-refractivity contribution < 1.29 is 13.9 Å². The SMILES string of the molecule is CCOc1ccc(NC2CC(OC)C2)cc1F. The predicted octanol–water partition coefficient (Wildman–Crippen LogP) is 2.81. The number of methoxy groups -OCH3 is 1. The Labute approximate surface area is 101 Å². The van der Waals surface area contributed by atoms with Crippen molar-refractivity contribution in [3.8, 4) is 5.75 Å². The molecule has 0 radical (unpaired) electrons. The Balaban J connectivity index is 1.92. The summed E-state index contributed by atoms with van der Waals surface area (Å²) in [6.45, 7) is 2.31. The zero-order chi connectivity index (χ0) is 12.3. The molecule has 1 saturated carbocycles. The highest BCUT2D eigenvalue weighted by Crippen LogP contribution is 2.28. The minimum Gasteiger partial charge on any atom is -0.491 e. The van der Waals surface area contributed by atoms with E-state index in [0.29, 0.717) is 24.5 Å². The average Bonchev–Trinajstić information content (AvgIpc) is 2.26. The van der Waals surface area contributed by atoms with E-state index in [1.54, 1.807) is 13.2 Å². The van der Waals surface area contributed by atoms with Gasteiger partial charge in [-0.25, -0.2) is 4.39 Å². The van der Waals surface area contributed by atoms with Crippen molar-refractivity contribution in [2.75, 3.05) is 19.0 Å². The third-order valence-corrected chi connectivity index (χ3v) is 3.03. The number of hydrogen-bond acceptors (Lipinski definition) is 3. The smallest absolute Gasteiger partial charge is 0.167 e. The van der Waals surface area contributed by atoms with Crippen LogP contribution in [0.25, 0.3) is 0 Å². The fraction of sp³-hybridized carbons (Fsp3) is 0.538. The number of benzene rings is 1. The molecule has 0 atom stereocenters. The molecule has 0 bridgehead atoms. The van der Waals surface area contributed by atoms with E-state index in [-0.39, 0.29) is 5.82 Å². The van der Waals surface area contributed by atoms with Gasteiger partial charge in [0.1, 0.15) is 0 Å². The van der Waals surface area contributed by atoms with Crippen molar-refractivity contribution >= 4 is 5.69 Å². The van der Waals surface area contributed by atoms with E-state index < -0.39 is 0 Å². The number of hydrogen-bond donors (Lipinski definition) is 1. The van der Waals surface area contributed by atoms with Crippen molar-refractivity contribution in [2.45, 2.75) is 31.9 Å². The maximum Gasteiger partial charge on any atom is 0.167 e. The molecule has 1 aromatic rings. The molecule has 0 spiro atoms. The van der Waals surface area contributed by atoms with E-state index in [0.717, 1.165) is 18.5 Å². The van der Waals surface area contributed by atoms with Gasteiger partial charge in [0.15, 0.2) is 11.6 Å². The van der Waals surface area contributed by atoms with E-state index in [1.807, 2.05) is 13.0 Å². The third kappa shape index (κ3) is 2.88. The first-order chi connectivity index (χ1) is 8.22. The van der Waals surface area contributed by atoms with E-state index in [9.17, 15) is 4.39 Å². The van der Waals surface area contributed by atoms with Crippen LogP contribution in [0.3, 0.4) is 0 Å². The van der Waals surface area contributed by atoms with E-state index in [4.69, 9.17) is 9.47 Å². The molecular weight excluding hydrogens is 221 g/mol. The molecule has 1 N–H and O–H groups in total. The van der Waals surface area contributed by atoms with Crippen LogP contribution in [0.2, 0.25) is 0 Å². The van der Waals surface area contributed by atoms with Crippen molar-refractivity contribution in [3.05, 3.63) is 24.0 Å². The molecule has 17 heavy (non-hydrogen) atoms. The standard InChI is InChI=1S/C13H18FNO2/c1-3-17-13-5-4-9(8-12(13)14)15-10-6-11(7-10)16-2/h4-5,8,10-11,15H,3,6-7H2,1-2H3. The van der Waals surface area contributed by atoms with Crippen molar-refractivity contribution in [1.29, 1.82) is 0 Å². The lowest BCUT2D eigenvalue weighted by Crippen LogP contribution is -2.40. The van der Waals surface area contributed by atoms with Gasteiger partial charge in [-0.05, 0) is 31.9 Å². The van der Waals surface area contributed by atoms with Gasteiger partial charge in [-0.15, -0.1) is 0 Å². The minimum atomic E-state index is -0.320. The lowest BCUT2D eigenvalue weighted by molar-refractivity contribution is 0.0328. The molecule has 0 amide bonds. The Kier molecular flexibility index (Phi) is 3.84. The van der Waals surface area contributed by atoms with Gasteiger partial charge < -0.3 is 14.8 Å². The molecule has 94 valence electrons. The fourth-order valence-electron chi connectivity index (χ4n) is 1.97. The van der Waals surface area contributed by atoms with Crippen molar-refractivity contribution in [3.63, 3.8) is 0 Å². The van der Waals surface area contributed by atoms with Crippen LogP contribution in [-0.2, 0) is 4.74 Å². The summed E-state index contributed by atoms with van der Waals surface area (Å²) in [6.07, 6.45) is 2.30. The first kappa shape index (κ1) is 12.2. The largest absolute Gasteiger partial charge is 0.491 e. The maximum absolute atomic E-state index is 13.6. The Morgan fingerprint density at radius 1 is 1.41 bits per heavy atom. The van der Waals surface area contributed by atoms with Gasteiger partial charge >= 0.3 is 0 Å². The van der Waals surface area contributed by atoms with Crippen LogP contribution in [-0.4, -0.2) is 25.9 Å². The topological polar surface area (TPSA) is 30.5 Å². The van der Waals surface area contributed by atoms with Crippen molar-refractivity contribution in [1.82, 2.24) is 0 Å². The summed E-state index contributed by atoms with van der Waals surface area (Å²) in [6, 6.07) is 5.37. The molecule has 4 heteroatoms. The van der Waals surface area contributed by atoms with Gasteiger partial charge in [-0.2, -0.15) is 0 Å². The van der Waals surface area contributed by atoms with Crippen LogP contribution in [0.5, 0.6) is 5.75 Å². The Morgan fingerprint density at radius 3 is 2.76 bits per heavy atom. The lowest BCUT2D eigenvalue weighted by atomic mass is 9.89. The second-order valence-corrected chi connectivity index (χ2v) is 4.25. The molecule has 1 aromatic carbocycles. The summed E-state index contributed by atoms with van der Waals surface area (Å²) in [5, 5.41) is 3.28. The second-order valence-electron chi connectivity index (χ2n) is 4.25.